The first kappa shape index (κ1) is 47.4. The molecule has 0 saturated carbocycles. The lowest BCUT2D eigenvalue weighted by Crippen LogP contribution is -2.54. The van der Waals surface area contributed by atoms with Gasteiger partial charge in [0, 0.05) is 72.3 Å². The number of sulfone groups is 1. The fourth-order valence-corrected chi connectivity index (χ4v) is 10.7. The highest BCUT2D eigenvalue weighted by Crippen LogP contribution is 2.38. The molecule has 0 radical (unpaired) electrons. The van der Waals surface area contributed by atoms with Crippen molar-refractivity contribution in [3.63, 3.8) is 0 Å². The summed E-state index contributed by atoms with van der Waals surface area (Å²) in [6.45, 7) is 3.31. The van der Waals surface area contributed by atoms with Crippen molar-refractivity contribution in [3.05, 3.63) is 87.5 Å². The van der Waals surface area contributed by atoms with Gasteiger partial charge in [0.25, 0.3) is 11.8 Å². The van der Waals surface area contributed by atoms with Crippen LogP contribution in [0.2, 0.25) is 10.0 Å². The topological polar surface area (TPSA) is 216 Å². The van der Waals surface area contributed by atoms with Gasteiger partial charge in [0.1, 0.15) is 27.8 Å². The molecule has 2 fully saturated rings. The van der Waals surface area contributed by atoms with E-state index in [2.05, 4.69) is 20.7 Å². The van der Waals surface area contributed by atoms with E-state index in [1.54, 1.807) is 37.5 Å². The highest BCUT2D eigenvalue weighted by atomic mass is 35.5. The first-order chi connectivity index (χ1) is 31.1. The van der Waals surface area contributed by atoms with Gasteiger partial charge in [-0.2, -0.15) is 5.10 Å². The molecule has 2 aromatic carbocycles. The highest BCUT2D eigenvalue weighted by molar-refractivity contribution is 7.91. The first-order valence-corrected chi connectivity index (χ1v) is 24.4. The SMILES string of the molecule is C[C@@H](Oc1cc(-c2cnn(C3CCN(C(=O)CCCCCS(=O)(=O)CCCCCNc4cccc5c4C(=O)N(C4CCC(=O)NC4=O)C5=O)CC3)c2)cnc1N)c1c(Cl)ccc(F)c1Cl. The summed E-state index contributed by atoms with van der Waals surface area (Å²) in [7, 11) is -3.26. The largest absolute Gasteiger partial charge is 0.482 e. The molecular formula is C45H51Cl2FN8O8S. The number of hydrogen-bond acceptors (Lipinski definition) is 12. The molecule has 0 aliphatic carbocycles. The number of imide groups is 2. The molecule has 2 atom stereocenters. The van der Waals surface area contributed by atoms with E-state index < -0.39 is 51.4 Å². The predicted octanol–water partition coefficient (Wildman–Crippen LogP) is 6.94. The molecule has 5 amide bonds. The van der Waals surface area contributed by atoms with Crippen molar-refractivity contribution >= 4 is 74.1 Å². The molecular weight excluding hydrogens is 903 g/mol. The molecule has 4 aromatic rings. The smallest absolute Gasteiger partial charge is 0.264 e. The van der Waals surface area contributed by atoms with Crippen molar-refractivity contribution in [1.82, 2.24) is 29.9 Å². The number of hydrogen-bond donors (Lipinski definition) is 3. The number of amides is 5. The van der Waals surface area contributed by atoms with E-state index in [0.717, 1.165) is 23.3 Å². The van der Waals surface area contributed by atoms with Crippen LogP contribution in [0.1, 0.15) is 116 Å². The summed E-state index contributed by atoms with van der Waals surface area (Å²) in [6, 6.07) is 8.24. The number of benzene rings is 2. The number of rotatable bonds is 19. The third kappa shape index (κ3) is 11.1. The Labute approximate surface area is 386 Å². The van der Waals surface area contributed by atoms with Crippen LogP contribution in [0, 0.1) is 5.82 Å². The number of nitrogens with one attached hydrogen (secondary N) is 2. The van der Waals surface area contributed by atoms with Crippen LogP contribution >= 0.6 is 23.2 Å². The fraction of sp³-hybridized carbons (Fsp3) is 0.444. The number of likely N-dealkylation sites (tertiary alicyclic amines) is 1. The zero-order valence-electron chi connectivity index (χ0n) is 35.9. The van der Waals surface area contributed by atoms with Gasteiger partial charge in [0.2, 0.25) is 17.7 Å². The molecule has 0 spiro atoms. The van der Waals surface area contributed by atoms with Crippen LogP contribution in [-0.2, 0) is 24.2 Å². The minimum atomic E-state index is -3.26. The van der Waals surface area contributed by atoms with E-state index in [9.17, 15) is 36.8 Å². The van der Waals surface area contributed by atoms with Crippen LogP contribution in [0.5, 0.6) is 5.75 Å². The number of halogens is 3. The summed E-state index contributed by atoms with van der Waals surface area (Å²) < 4.78 is 47.6. The van der Waals surface area contributed by atoms with Crippen molar-refractivity contribution in [2.45, 2.75) is 95.7 Å². The van der Waals surface area contributed by atoms with Gasteiger partial charge in [-0.25, -0.2) is 17.8 Å². The van der Waals surface area contributed by atoms with Gasteiger partial charge in [0.15, 0.2) is 11.6 Å². The normalized spacial score (nSPS) is 17.3. The average molecular weight is 954 g/mol. The van der Waals surface area contributed by atoms with Crippen LogP contribution in [-0.4, -0.2) is 99.7 Å². The third-order valence-corrected chi connectivity index (χ3v) is 14.6. The van der Waals surface area contributed by atoms with Gasteiger partial charge >= 0.3 is 0 Å². The number of anilines is 2. The molecule has 3 aliphatic rings. The molecule has 16 nitrogen and oxygen atoms in total. The predicted molar refractivity (Wildman–Crippen MR) is 243 cm³/mol. The summed E-state index contributed by atoms with van der Waals surface area (Å²) in [5, 5.41) is 10.1. The molecule has 1 unspecified atom stereocenters. The Balaban J connectivity index is 0.774. The Kier molecular flexibility index (Phi) is 15.1. The lowest BCUT2D eigenvalue weighted by atomic mass is 10.0. The minimum absolute atomic E-state index is 0.0367. The maximum Gasteiger partial charge on any atom is 0.264 e. The van der Waals surface area contributed by atoms with E-state index in [1.165, 1.54) is 18.2 Å². The number of unbranched alkanes of at least 4 members (excludes halogenated alkanes) is 4. The molecule has 4 N–H and O–H groups in total. The van der Waals surface area contributed by atoms with E-state index in [0.29, 0.717) is 81.4 Å². The molecule has 346 valence electrons. The van der Waals surface area contributed by atoms with Gasteiger partial charge < -0.3 is 20.7 Å². The molecule has 3 aliphatic heterocycles. The number of ether oxygens (including phenoxy) is 1. The number of carbonyl (C=O) groups excluding carboxylic acids is 5. The van der Waals surface area contributed by atoms with Crippen molar-refractivity contribution in [1.29, 1.82) is 0 Å². The molecule has 0 bridgehead atoms. The van der Waals surface area contributed by atoms with Crippen LogP contribution in [0.15, 0.2) is 55.0 Å². The Hall–Kier alpha value is -5.59. The van der Waals surface area contributed by atoms with E-state index >= 15 is 0 Å². The Morgan fingerprint density at radius 2 is 1.71 bits per heavy atom. The molecule has 65 heavy (non-hydrogen) atoms. The second-order valence-corrected chi connectivity index (χ2v) is 19.7. The third-order valence-electron chi connectivity index (χ3n) is 12.1. The van der Waals surface area contributed by atoms with Gasteiger partial charge in [-0.1, -0.05) is 42.1 Å². The number of piperidine rings is 2. The van der Waals surface area contributed by atoms with Gasteiger partial charge in [-0.05, 0) is 82.2 Å². The van der Waals surface area contributed by atoms with Gasteiger partial charge in [-0.15, -0.1) is 0 Å². The summed E-state index contributed by atoms with van der Waals surface area (Å²) in [5.74, 6) is -2.29. The standard InChI is InChI=1S/C45H51Cl2FN8O8S/c1-27(39-32(46)12-13-33(48)41(39)47)64-36-23-28(24-51-42(36)49)29-25-52-55(26-29)30-16-19-54(20-17-30)38(58)11-4-2-6-21-65(62,63)22-7-3-5-18-50-34-10-8-9-31-40(34)45(61)56(44(31)60)35-14-15-37(57)53-43(35)59/h8-10,12-13,23-27,30,35,50H,2-7,11,14-22H2,1H3,(H2,49,51)(H,53,57,59)/t27-,35?/m1/s1. The zero-order valence-corrected chi connectivity index (χ0v) is 38.2. The zero-order chi connectivity index (χ0) is 46.4. The minimum Gasteiger partial charge on any atom is -0.482 e. The van der Waals surface area contributed by atoms with Crippen molar-refractivity contribution in [3.8, 4) is 16.9 Å². The number of carbonyl (C=O) groups is 5. The van der Waals surface area contributed by atoms with Crippen molar-refractivity contribution in [2.75, 3.05) is 42.2 Å². The van der Waals surface area contributed by atoms with Crippen LogP contribution < -0.4 is 21.1 Å². The quantitative estimate of drug-likeness (QED) is 0.0495. The number of nitrogens with two attached hydrogens (primary N) is 1. The number of pyridine rings is 1. The average Bonchev–Trinajstić information content (AvgIpc) is 3.87. The fourth-order valence-electron chi connectivity index (χ4n) is 8.48. The second-order valence-electron chi connectivity index (χ2n) is 16.6. The highest BCUT2D eigenvalue weighted by Gasteiger charge is 2.45. The van der Waals surface area contributed by atoms with E-state index in [4.69, 9.17) is 33.7 Å². The van der Waals surface area contributed by atoms with Crippen molar-refractivity contribution < 1.29 is 41.5 Å². The van der Waals surface area contributed by atoms with Gasteiger partial charge in [0.05, 0.1) is 39.9 Å². The number of nitrogens with zero attached hydrogens (tertiary/aromatic N) is 5. The van der Waals surface area contributed by atoms with Crippen LogP contribution in [0.3, 0.4) is 0 Å². The Morgan fingerprint density at radius 1 is 0.969 bits per heavy atom. The Bertz CT molecular complexity index is 2590. The Morgan fingerprint density at radius 3 is 2.45 bits per heavy atom. The molecule has 2 saturated heterocycles. The van der Waals surface area contributed by atoms with E-state index in [-0.39, 0.29) is 69.0 Å². The molecule has 7 rings (SSSR count). The lowest BCUT2D eigenvalue weighted by molar-refractivity contribution is -0.136. The number of fused-ring (bicyclic) bond motifs is 1. The lowest BCUT2D eigenvalue weighted by Gasteiger charge is -2.32. The van der Waals surface area contributed by atoms with Crippen LogP contribution in [0.25, 0.3) is 11.1 Å². The summed E-state index contributed by atoms with van der Waals surface area (Å²) in [6.07, 6.45) is 9.91. The van der Waals surface area contributed by atoms with Gasteiger partial charge in [-0.3, -0.25) is 38.9 Å². The number of aromatic nitrogens is 3. The number of nitrogen functional groups attached to an aromatic ring is 1. The monoisotopic (exact) mass is 952 g/mol. The maximum atomic E-state index is 14.2. The van der Waals surface area contributed by atoms with E-state index in [1.807, 2.05) is 15.8 Å². The maximum absolute atomic E-state index is 14.2. The molecule has 20 heteroatoms. The first-order valence-electron chi connectivity index (χ1n) is 21.8. The summed E-state index contributed by atoms with van der Waals surface area (Å²) in [5.41, 5.74) is 8.76. The molecule has 2 aromatic heterocycles. The summed E-state index contributed by atoms with van der Waals surface area (Å²) >= 11 is 12.5. The second kappa shape index (κ2) is 20.7. The summed E-state index contributed by atoms with van der Waals surface area (Å²) in [4.78, 5) is 70.5. The van der Waals surface area contributed by atoms with Crippen LogP contribution in [0.4, 0.5) is 15.9 Å². The van der Waals surface area contributed by atoms with Crippen molar-refractivity contribution in [2.24, 2.45) is 0 Å². The molecule has 5 heterocycles.